The fourth-order valence-electron chi connectivity index (χ4n) is 6.21. The molecule has 0 radical (unpaired) electrons. The van der Waals surface area contributed by atoms with Crippen molar-refractivity contribution in [2.45, 2.75) is 51.2 Å². The Kier molecular flexibility index (Phi) is 13.1. The van der Waals surface area contributed by atoms with E-state index in [0.717, 1.165) is 11.1 Å². The second-order valence-electron chi connectivity index (χ2n) is 12.9. The number of carbonyl (C=O) groups excluding carboxylic acids is 2. The number of fused-ring (bicyclic) bond motifs is 1. The number of carbonyl (C=O) groups is 2. The first kappa shape index (κ1) is 40.7. The van der Waals surface area contributed by atoms with E-state index in [1.54, 1.807) is 37.4 Å². The number of nitro groups is 1. The Balaban J connectivity index is 1.33. The summed E-state index contributed by atoms with van der Waals surface area (Å²) in [6, 6.07) is 18.7. The zero-order valence-electron chi connectivity index (χ0n) is 30.7. The van der Waals surface area contributed by atoms with Crippen molar-refractivity contribution in [1.82, 2.24) is 10.3 Å². The van der Waals surface area contributed by atoms with Crippen molar-refractivity contribution in [3.05, 3.63) is 139 Å². The molecule has 4 aromatic rings. The van der Waals surface area contributed by atoms with E-state index in [1.807, 2.05) is 42.5 Å². The highest BCUT2D eigenvalue weighted by Gasteiger charge is 2.52. The fourth-order valence-corrected chi connectivity index (χ4v) is 7.00. The summed E-state index contributed by atoms with van der Waals surface area (Å²) in [5, 5.41) is 25.3. The Morgan fingerprint density at radius 1 is 1.11 bits per heavy atom. The first-order chi connectivity index (χ1) is 27.5. The lowest BCUT2D eigenvalue weighted by Gasteiger charge is -2.33. The molecule has 2 unspecified atom stereocenters. The highest BCUT2D eigenvalue weighted by molar-refractivity contribution is 9.10. The number of rotatable bonds is 14. The number of benzene rings is 3. The van der Waals surface area contributed by atoms with Gasteiger partial charge in [0.2, 0.25) is 0 Å². The van der Waals surface area contributed by atoms with E-state index in [0.29, 0.717) is 45.9 Å². The van der Waals surface area contributed by atoms with Crippen LogP contribution in [0.2, 0.25) is 5.02 Å². The smallest absolute Gasteiger partial charge is 0.413 e. The van der Waals surface area contributed by atoms with Gasteiger partial charge >= 0.3 is 12.1 Å². The van der Waals surface area contributed by atoms with Crippen LogP contribution in [0, 0.1) is 21.4 Å². The van der Waals surface area contributed by atoms with Crippen molar-refractivity contribution in [2.24, 2.45) is 0 Å². The minimum absolute atomic E-state index is 0.0158. The number of ether oxygens (including phenoxy) is 6. The van der Waals surface area contributed by atoms with Crippen molar-refractivity contribution in [3.63, 3.8) is 0 Å². The number of esters is 1. The van der Waals surface area contributed by atoms with E-state index in [-0.39, 0.29) is 48.3 Å². The van der Waals surface area contributed by atoms with Crippen LogP contribution in [0.3, 0.4) is 0 Å². The number of hydrogen-bond acceptors (Lipinski definition) is 12. The van der Waals surface area contributed by atoms with Crippen LogP contribution in [-0.2, 0) is 32.2 Å². The Hall–Kier alpha value is -5.95. The van der Waals surface area contributed by atoms with Gasteiger partial charge in [0, 0.05) is 44.4 Å². The molecule has 14 nitrogen and oxygen atoms in total. The number of nitrogens with zero attached hydrogens (tertiary/aromatic N) is 3. The number of alkyl carbamates (subject to hydrolysis) is 1. The van der Waals surface area contributed by atoms with Crippen LogP contribution in [0.5, 0.6) is 17.2 Å². The van der Waals surface area contributed by atoms with Gasteiger partial charge in [0.25, 0.3) is 5.54 Å². The molecular weight excluding hydrogens is 824 g/mol. The average Bonchev–Trinajstić information content (AvgIpc) is 3.21. The molecule has 2 heterocycles. The lowest BCUT2D eigenvalue weighted by Crippen LogP contribution is -2.45. The molecule has 6 rings (SSSR count). The van der Waals surface area contributed by atoms with E-state index in [9.17, 15) is 25.0 Å². The number of amides is 1. The molecule has 294 valence electrons. The van der Waals surface area contributed by atoms with Gasteiger partial charge in [-0.2, -0.15) is 5.26 Å². The van der Waals surface area contributed by atoms with Gasteiger partial charge in [0.05, 0.1) is 18.8 Å². The highest BCUT2D eigenvalue weighted by atomic mass is 79.9. The summed E-state index contributed by atoms with van der Waals surface area (Å²) >= 11 is 10.3. The van der Waals surface area contributed by atoms with Crippen molar-refractivity contribution < 1.29 is 42.9 Å². The summed E-state index contributed by atoms with van der Waals surface area (Å²) in [7, 11) is 0. The van der Waals surface area contributed by atoms with Crippen LogP contribution in [0.15, 0.2) is 102 Å². The van der Waals surface area contributed by atoms with Crippen LogP contribution < -0.4 is 19.5 Å². The molecule has 57 heavy (non-hydrogen) atoms. The fraction of sp³-hybridized carbons (Fsp3) is 0.268. The van der Waals surface area contributed by atoms with Gasteiger partial charge in [-0.15, -0.1) is 0 Å². The van der Waals surface area contributed by atoms with Gasteiger partial charge in [-0.05, 0) is 101 Å². The van der Waals surface area contributed by atoms with Crippen molar-refractivity contribution in [2.75, 3.05) is 19.8 Å². The molecule has 1 amide bonds. The number of aromatic nitrogens is 1. The topological polar surface area (TPSA) is 181 Å². The maximum absolute atomic E-state index is 13.3. The number of allylic oxidation sites excluding steroid dienone is 1. The number of nitrogens with one attached hydrogen (secondary N) is 1. The Morgan fingerprint density at radius 3 is 2.65 bits per heavy atom. The van der Waals surface area contributed by atoms with E-state index in [2.05, 4.69) is 26.2 Å². The summed E-state index contributed by atoms with van der Waals surface area (Å²) in [5.41, 5.74) is 1.59. The minimum atomic E-state index is -1.97. The SMILES string of the molecule is CCOC(=O)[C@H](C)NC(=O)OC1=CCC(C(OCc2cccc(-c3ccc4c(c3)OCCO4)c2Br)c2cc(Cl)ccc2OCc2cncc(C#N)c2)([N+](=O)[O-])C=C1. The van der Waals surface area contributed by atoms with Crippen LogP contribution >= 0.6 is 27.5 Å². The quantitative estimate of drug-likeness (QED) is 0.0731. The van der Waals surface area contributed by atoms with Gasteiger partial charge in [0.15, 0.2) is 17.6 Å². The molecule has 0 fully saturated rings. The van der Waals surface area contributed by atoms with Gasteiger partial charge in [-0.1, -0.05) is 35.9 Å². The second-order valence-corrected chi connectivity index (χ2v) is 14.1. The zero-order chi connectivity index (χ0) is 40.5. The third kappa shape index (κ3) is 9.54. The molecule has 1 aromatic heterocycles. The van der Waals surface area contributed by atoms with Gasteiger partial charge in [-0.25, -0.2) is 9.59 Å². The normalized spacial score (nSPS) is 16.6. The second kappa shape index (κ2) is 18.3. The molecule has 3 atom stereocenters. The number of hydrogen-bond donors (Lipinski definition) is 1. The molecular formula is C41H36BrClN4O10. The summed E-state index contributed by atoms with van der Waals surface area (Å²) in [4.78, 5) is 41.6. The molecule has 0 bridgehead atoms. The first-order valence-corrected chi connectivity index (χ1v) is 18.9. The Labute approximate surface area is 341 Å². The molecule has 3 aromatic carbocycles. The van der Waals surface area contributed by atoms with E-state index in [1.165, 1.54) is 31.3 Å². The van der Waals surface area contributed by atoms with E-state index in [4.69, 9.17) is 40.0 Å². The highest BCUT2D eigenvalue weighted by Crippen LogP contribution is 2.45. The lowest BCUT2D eigenvalue weighted by atomic mass is 9.81. The predicted molar refractivity (Wildman–Crippen MR) is 210 cm³/mol. The maximum Gasteiger partial charge on any atom is 0.413 e. The third-order valence-electron chi connectivity index (χ3n) is 9.06. The number of halogens is 2. The number of pyridine rings is 1. The minimum Gasteiger partial charge on any atom is -0.488 e. The van der Waals surface area contributed by atoms with Gasteiger partial charge < -0.3 is 33.7 Å². The van der Waals surface area contributed by atoms with E-state index >= 15 is 0 Å². The molecule has 2 aliphatic rings. The summed E-state index contributed by atoms with van der Waals surface area (Å²) < 4.78 is 35.3. The third-order valence-corrected chi connectivity index (χ3v) is 10.2. The molecule has 0 saturated carbocycles. The molecule has 0 saturated heterocycles. The van der Waals surface area contributed by atoms with Crippen molar-refractivity contribution in [1.29, 1.82) is 5.26 Å². The molecule has 1 N–H and O–H groups in total. The van der Waals surface area contributed by atoms with Crippen molar-refractivity contribution >= 4 is 39.6 Å². The average molecular weight is 860 g/mol. The predicted octanol–water partition coefficient (Wildman–Crippen LogP) is 8.18. The maximum atomic E-state index is 13.3. The first-order valence-electron chi connectivity index (χ1n) is 17.8. The van der Waals surface area contributed by atoms with Crippen LogP contribution in [0.1, 0.15) is 48.6 Å². The van der Waals surface area contributed by atoms with Gasteiger partial charge in [-0.3, -0.25) is 15.1 Å². The van der Waals surface area contributed by atoms with E-state index < -0.39 is 34.7 Å². The standard InChI is InChI=1S/C41H36BrClN4O10/c1-3-52-39(48)25(2)46-40(49)57-31-11-13-41(14-12-31,47(50)51)38(33-19-30(43)8-10-34(33)55-23-27-17-26(20-44)21-45-22-27)56-24-29-5-4-6-32(37(29)42)28-7-9-35-36(18-28)54-16-15-53-35/h4-13,17-19,21-22,25,38H,3,14-16,23-24H2,1-2H3,(H,46,49)/t25-,38?,41?/m0/s1. The van der Waals surface area contributed by atoms with Crippen LogP contribution in [-0.4, -0.2) is 53.4 Å². The zero-order valence-corrected chi connectivity index (χ0v) is 33.1. The summed E-state index contributed by atoms with van der Waals surface area (Å²) in [6.45, 7) is 3.98. The lowest BCUT2D eigenvalue weighted by molar-refractivity contribution is -0.570. The Morgan fingerprint density at radius 2 is 1.91 bits per heavy atom. The van der Waals surface area contributed by atoms with Crippen molar-refractivity contribution in [3.8, 4) is 34.4 Å². The van der Waals surface area contributed by atoms with Gasteiger partial charge in [0.1, 0.15) is 43.4 Å². The monoisotopic (exact) mass is 858 g/mol. The largest absolute Gasteiger partial charge is 0.488 e. The summed E-state index contributed by atoms with van der Waals surface area (Å²) in [5.74, 6) is 0.880. The summed E-state index contributed by atoms with van der Waals surface area (Å²) in [6.07, 6.45) is 4.42. The van der Waals surface area contributed by atoms with Crippen LogP contribution in [0.25, 0.3) is 11.1 Å². The molecule has 1 aliphatic heterocycles. The number of nitriles is 1. The molecule has 0 spiro atoms. The molecule has 16 heteroatoms. The molecule has 1 aliphatic carbocycles. The van der Waals surface area contributed by atoms with Crippen LogP contribution in [0.4, 0.5) is 4.79 Å². The Bertz CT molecular complexity index is 2280.